The second kappa shape index (κ2) is 10.8. The molecule has 8 nitrogen and oxygen atoms in total. The van der Waals surface area contributed by atoms with Crippen LogP contribution in [0.5, 0.6) is 0 Å². The number of ether oxygens (including phenoxy) is 1. The number of hydrogen-bond acceptors (Lipinski definition) is 5. The first-order chi connectivity index (χ1) is 16.9. The van der Waals surface area contributed by atoms with E-state index in [0.29, 0.717) is 5.69 Å². The molecule has 0 saturated heterocycles. The highest BCUT2D eigenvalue weighted by Crippen LogP contribution is 2.44. The Morgan fingerprint density at radius 2 is 1.46 bits per heavy atom. The van der Waals surface area contributed by atoms with Gasteiger partial charge in [0, 0.05) is 18.2 Å². The molecule has 1 atom stereocenters. The van der Waals surface area contributed by atoms with Crippen LogP contribution in [0, 0.1) is 0 Å². The summed E-state index contributed by atoms with van der Waals surface area (Å²) in [6.07, 6.45) is -2.27. The number of aliphatic carboxylic acids is 1. The number of carbonyl (C=O) groups excluding carboxylic acids is 2. The molecule has 8 heteroatoms. The predicted octanol–water partition coefficient (Wildman–Crippen LogP) is 3.39. The van der Waals surface area contributed by atoms with Crippen molar-refractivity contribution < 1.29 is 29.3 Å². The van der Waals surface area contributed by atoms with Crippen LogP contribution in [-0.4, -0.2) is 54.0 Å². The number of nitrogens with zero attached hydrogens (tertiary/aromatic N) is 1. The summed E-state index contributed by atoms with van der Waals surface area (Å²) >= 11 is 0. The summed E-state index contributed by atoms with van der Waals surface area (Å²) < 4.78 is 5.43. The maximum absolute atomic E-state index is 12.6. The topological polar surface area (TPSA) is 116 Å². The predicted molar refractivity (Wildman–Crippen MR) is 130 cm³/mol. The number of alkyl carbamates (subject to hydrolysis) is 1. The third-order valence-electron chi connectivity index (χ3n) is 5.90. The van der Waals surface area contributed by atoms with Crippen LogP contribution in [0.15, 0.2) is 78.9 Å². The van der Waals surface area contributed by atoms with Crippen molar-refractivity contribution in [1.29, 1.82) is 0 Å². The first-order valence-electron chi connectivity index (χ1n) is 11.3. The van der Waals surface area contributed by atoms with Crippen LogP contribution in [0.4, 0.5) is 10.5 Å². The molecule has 0 aromatic heterocycles. The Kier molecular flexibility index (Phi) is 7.42. The fourth-order valence-electron chi connectivity index (χ4n) is 4.30. The molecule has 0 saturated carbocycles. The van der Waals surface area contributed by atoms with E-state index < -0.39 is 30.6 Å². The number of anilines is 1. The second-order valence-corrected chi connectivity index (χ2v) is 8.27. The standard InChI is InChI=1S/C27H26N2O6/c30-19(14-25(31)29(16-26(32)33)18-8-2-1-3-9-18)15-28-27(34)35-17-24-22-12-6-4-10-20(22)21-11-5-7-13-23(21)24/h1-13,19,24,30H,14-17H2,(H,28,34)(H,32,33). The minimum absolute atomic E-state index is 0.0879. The fourth-order valence-corrected chi connectivity index (χ4v) is 4.30. The molecule has 1 unspecified atom stereocenters. The van der Waals surface area contributed by atoms with Crippen molar-refractivity contribution in [2.75, 3.05) is 24.6 Å². The molecule has 1 aliphatic rings. The van der Waals surface area contributed by atoms with Gasteiger partial charge in [0.2, 0.25) is 5.91 Å². The number of para-hydroxylation sites is 1. The number of rotatable bonds is 9. The van der Waals surface area contributed by atoms with Crippen molar-refractivity contribution in [2.24, 2.45) is 0 Å². The molecule has 0 fully saturated rings. The lowest BCUT2D eigenvalue weighted by atomic mass is 9.98. The molecule has 0 heterocycles. The Bertz CT molecular complexity index is 1170. The van der Waals surface area contributed by atoms with Crippen molar-refractivity contribution in [3.05, 3.63) is 90.0 Å². The van der Waals surface area contributed by atoms with E-state index in [2.05, 4.69) is 5.32 Å². The molecule has 0 radical (unpaired) electrons. The summed E-state index contributed by atoms with van der Waals surface area (Å²) in [5, 5.41) is 21.9. The van der Waals surface area contributed by atoms with E-state index in [1.165, 1.54) is 0 Å². The number of amides is 2. The Hall–Kier alpha value is -4.17. The van der Waals surface area contributed by atoms with E-state index in [1.807, 2.05) is 48.5 Å². The monoisotopic (exact) mass is 474 g/mol. The summed E-state index contributed by atoms with van der Waals surface area (Å²) in [6, 6.07) is 24.3. The summed E-state index contributed by atoms with van der Waals surface area (Å²) in [7, 11) is 0. The Morgan fingerprint density at radius 3 is 2.06 bits per heavy atom. The van der Waals surface area contributed by atoms with Crippen LogP contribution >= 0.6 is 0 Å². The molecule has 2 amide bonds. The summed E-state index contributed by atoms with van der Waals surface area (Å²) in [6.45, 7) is -0.608. The van der Waals surface area contributed by atoms with Crippen LogP contribution in [0.3, 0.4) is 0 Å². The highest BCUT2D eigenvalue weighted by Gasteiger charge is 2.29. The highest BCUT2D eigenvalue weighted by molar-refractivity contribution is 5.97. The van der Waals surface area contributed by atoms with Crippen molar-refractivity contribution >= 4 is 23.7 Å². The van der Waals surface area contributed by atoms with Crippen LogP contribution in [0.1, 0.15) is 23.5 Å². The fraction of sp³-hybridized carbons (Fsp3) is 0.222. The van der Waals surface area contributed by atoms with E-state index in [4.69, 9.17) is 9.84 Å². The maximum Gasteiger partial charge on any atom is 0.407 e. The Labute approximate surface area is 202 Å². The van der Waals surface area contributed by atoms with Gasteiger partial charge in [-0.15, -0.1) is 0 Å². The van der Waals surface area contributed by atoms with E-state index in [9.17, 15) is 19.5 Å². The largest absolute Gasteiger partial charge is 0.480 e. The molecule has 35 heavy (non-hydrogen) atoms. The quantitative estimate of drug-likeness (QED) is 0.438. The minimum Gasteiger partial charge on any atom is -0.480 e. The van der Waals surface area contributed by atoms with Crippen LogP contribution in [0.2, 0.25) is 0 Å². The molecule has 0 bridgehead atoms. The normalized spacial score (nSPS) is 12.8. The molecule has 0 spiro atoms. The third kappa shape index (κ3) is 5.67. The Morgan fingerprint density at radius 1 is 0.886 bits per heavy atom. The number of nitrogens with one attached hydrogen (secondary N) is 1. The zero-order chi connectivity index (χ0) is 24.8. The van der Waals surface area contributed by atoms with Crippen molar-refractivity contribution in [2.45, 2.75) is 18.4 Å². The molecule has 180 valence electrons. The van der Waals surface area contributed by atoms with Crippen molar-refractivity contribution in [1.82, 2.24) is 5.32 Å². The number of hydrogen-bond donors (Lipinski definition) is 3. The van der Waals surface area contributed by atoms with Crippen molar-refractivity contribution in [3.8, 4) is 11.1 Å². The van der Waals surface area contributed by atoms with Gasteiger partial charge in [-0.2, -0.15) is 0 Å². The number of fused-ring (bicyclic) bond motifs is 3. The van der Waals surface area contributed by atoms with Crippen LogP contribution < -0.4 is 10.2 Å². The van der Waals surface area contributed by atoms with Crippen LogP contribution in [0.25, 0.3) is 11.1 Å². The molecule has 3 aromatic carbocycles. The minimum atomic E-state index is -1.21. The zero-order valence-corrected chi connectivity index (χ0v) is 19.0. The lowest BCUT2D eigenvalue weighted by Crippen LogP contribution is -2.40. The summed E-state index contributed by atoms with van der Waals surface area (Å²) in [4.78, 5) is 37.2. The first kappa shape index (κ1) is 24.0. The average Bonchev–Trinajstić information content (AvgIpc) is 3.19. The number of carbonyl (C=O) groups is 3. The highest BCUT2D eigenvalue weighted by atomic mass is 16.5. The Balaban J connectivity index is 1.30. The molecule has 1 aliphatic carbocycles. The zero-order valence-electron chi connectivity index (χ0n) is 19.0. The van der Waals surface area contributed by atoms with E-state index in [-0.39, 0.29) is 25.5 Å². The number of aliphatic hydroxyl groups is 1. The van der Waals surface area contributed by atoms with Gasteiger partial charge in [0.25, 0.3) is 0 Å². The van der Waals surface area contributed by atoms with Crippen molar-refractivity contribution in [3.63, 3.8) is 0 Å². The molecular weight excluding hydrogens is 448 g/mol. The van der Waals surface area contributed by atoms with E-state index >= 15 is 0 Å². The van der Waals surface area contributed by atoms with Gasteiger partial charge < -0.3 is 25.2 Å². The maximum atomic E-state index is 12.6. The lowest BCUT2D eigenvalue weighted by molar-refractivity contribution is -0.136. The van der Waals surface area contributed by atoms with Crippen LogP contribution in [-0.2, 0) is 14.3 Å². The first-order valence-corrected chi connectivity index (χ1v) is 11.3. The van der Waals surface area contributed by atoms with Gasteiger partial charge in [0.15, 0.2) is 0 Å². The van der Waals surface area contributed by atoms with Gasteiger partial charge in [-0.05, 0) is 34.4 Å². The van der Waals surface area contributed by atoms with Gasteiger partial charge in [0.1, 0.15) is 13.2 Å². The molecule has 3 aromatic rings. The number of benzene rings is 3. The third-order valence-corrected chi connectivity index (χ3v) is 5.90. The smallest absolute Gasteiger partial charge is 0.407 e. The van der Waals surface area contributed by atoms with Gasteiger partial charge in [-0.3, -0.25) is 9.59 Å². The summed E-state index contributed by atoms with van der Waals surface area (Å²) in [5.41, 5.74) is 4.83. The van der Waals surface area contributed by atoms with Gasteiger partial charge in [0.05, 0.1) is 12.5 Å². The summed E-state index contributed by atoms with van der Waals surface area (Å²) in [5.74, 6) is -1.83. The molecule has 4 rings (SSSR count). The number of carboxylic acid groups (broad SMARTS) is 1. The lowest BCUT2D eigenvalue weighted by Gasteiger charge is -2.22. The number of aliphatic hydroxyl groups excluding tert-OH is 1. The van der Waals surface area contributed by atoms with E-state index in [1.54, 1.807) is 30.3 Å². The van der Waals surface area contributed by atoms with Gasteiger partial charge >= 0.3 is 12.1 Å². The number of carboxylic acids is 1. The molecular formula is C27H26N2O6. The second-order valence-electron chi connectivity index (χ2n) is 8.27. The molecule has 0 aliphatic heterocycles. The van der Waals surface area contributed by atoms with E-state index in [0.717, 1.165) is 27.2 Å². The molecule has 3 N–H and O–H groups in total. The van der Waals surface area contributed by atoms with Gasteiger partial charge in [-0.1, -0.05) is 66.7 Å². The SMILES string of the molecule is O=C(O)CN(C(=O)CC(O)CNC(=O)OCC1c2ccccc2-c2ccccc21)c1ccccc1. The van der Waals surface area contributed by atoms with Gasteiger partial charge in [-0.25, -0.2) is 4.79 Å². The average molecular weight is 475 g/mol.